The molecule has 0 aliphatic rings. The Morgan fingerprint density at radius 2 is 2.04 bits per heavy atom. The van der Waals surface area contributed by atoms with Gasteiger partial charge >= 0.3 is 0 Å². The van der Waals surface area contributed by atoms with Crippen LogP contribution in [-0.4, -0.2) is 21.4 Å². The number of carbonyl (C=O) groups excluding carboxylic acids is 1. The summed E-state index contributed by atoms with van der Waals surface area (Å²) in [6.45, 7) is 1.79. The van der Waals surface area contributed by atoms with Crippen LogP contribution in [-0.2, 0) is 14.8 Å². The second-order valence-electron chi connectivity index (χ2n) is 4.68. The lowest BCUT2D eigenvalue weighted by molar-refractivity contribution is -0.111. The number of rotatable bonds is 5. The second-order valence-corrected chi connectivity index (χ2v) is 6.24. The van der Waals surface area contributed by atoms with Crippen molar-refractivity contribution < 1.29 is 22.4 Å². The molecule has 0 radical (unpaired) electrons. The number of benzene rings is 1. The molecule has 0 aliphatic heterocycles. The van der Waals surface area contributed by atoms with Gasteiger partial charge in [-0.15, -0.1) is 0 Å². The van der Waals surface area contributed by atoms with Crippen molar-refractivity contribution in [2.24, 2.45) is 5.14 Å². The molecule has 0 spiro atoms. The van der Waals surface area contributed by atoms with E-state index in [-0.39, 0.29) is 10.6 Å². The zero-order valence-corrected chi connectivity index (χ0v) is 13.4. The number of nitrogens with two attached hydrogens (primary N) is 1. The van der Waals surface area contributed by atoms with Crippen molar-refractivity contribution in [2.75, 3.05) is 12.4 Å². The summed E-state index contributed by atoms with van der Waals surface area (Å²) in [4.78, 5) is 11.8. The summed E-state index contributed by atoms with van der Waals surface area (Å²) in [5.74, 6) is 1.10. The highest BCUT2D eigenvalue weighted by Crippen LogP contribution is 2.27. The molecule has 0 bridgehead atoms. The van der Waals surface area contributed by atoms with E-state index in [9.17, 15) is 13.2 Å². The van der Waals surface area contributed by atoms with Gasteiger partial charge in [-0.25, -0.2) is 13.6 Å². The summed E-state index contributed by atoms with van der Waals surface area (Å²) in [7, 11) is -2.47. The molecule has 3 N–H and O–H groups in total. The van der Waals surface area contributed by atoms with Crippen LogP contribution in [0.1, 0.15) is 11.5 Å². The third-order valence-electron chi connectivity index (χ3n) is 2.92. The Hall–Kier alpha value is -2.58. The van der Waals surface area contributed by atoms with E-state index < -0.39 is 15.9 Å². The van der Waals surface area contributed by atoms with E-state index in [0.717, 1.165) is 5.76 Å². The number of hydrogen-bond donors (Lipinski definition) is 2. The Morgan fingerprint density at radius 3 is 2.61 bits per heavy atom. The fraction of sp³-hybridized carbons (Fsp3) is 0.133. The van der Waals surface area contributed by atoms with Gasteiger partial charge in [-0.1, -0.05) is 0 Å². The molecule has 7 nitrogen and oxygen atoms in total. The first kappa shape index (κ1) is 16.8. The maximum Gasteiger partial charge on any atom is 0.248 e. The number of anilines is 1. The maximum atomic E-state index is 11.9. The number of sulfonamides is 1. The molecule has 0 aliphatic carbocycles. The predicted octanol–water partition coefficient (Wildman–Crippen LogP) is 1.90. The van der Waals surface area contributed by atoms with Crippen LogP contribution in [0.2, 0.25) is 0 Å². The number of primary sulfonamides is 1. The number of ether oxygens (including phenoxy) is 1. The van der Waals surface area contributed by atoms with E-state index in [1.165, 1.54) is 37.5 Å². The molecule has 0 atom stereocenters. The molecule has 0 saturated heterocycles. The highest BCUT2D eigenvalue weighted by molar-refractivity contribution is 7.89. The molecule has 122 valence electrons. The van der Waals surface area contributed by atoms with Crippen LogP contribution in [0.15, 0.2) is 45.7 Å². The number of aryl methyl sites for hydroxylation is 1. The molecule has 1 aromatic carbocycles. The quantitative estimate of drug-likeness (QED) is 0.810. The van der Waals surface area contributed by atoms with Crippen LogP contribution in [0, 0.1) is 6.92 Å². The minimum Gasteiger partial charge on any atom is -0.495 e. The van der Waals surface area contributed by atoms with Crippen molar-refractivity contribution in [3.63, 3.8) is 0 Å². The summed E-state index contributed by atoms with van der Waals surface area (Å²) in [6, 6.07) is 7.44. The number of carbonyl (C=O) groups is 1. The highest BCUT2D eigenvalue weighted by Gasteiger charge is 2.13. The van der Waals surface area contributed by atoms with Gasteiger partial charge < -0.3 is 14.5 Å². The Bertz CT molecular complexity index is 853. The van der Waals surface area contributed by atoms with Gasteiger partial charge in [0.15, 0.2) is 0 Å². The van der Waals surface area contributed by atoms with Crippen LogP contribution in [0.5, 0.6) is 5.75 Å². The summed E-state index contributed by atoms with van der Waals surface area (Å²) >= 11 is 0. The lowest BCUT2D eigenvalue weighted by Gasteiger charge is -2.10. The van der Waals surface area contributed by atoms with Gasteiger partial charge in [0.2, 0.25) is 15.9 Å². The Morgan fingerprint density at radius 1 is 1.30 bits per heavy atom. The van der Waals surface area contributed by atoms with Crippen LogP contribution >= 0.6 is 0 Å². The van der Waals surface area contributed by atoms with Gasteiger partial charge in [-0.05, 0) is 43.3 Å². The number of nitrogens with one attached hydrogen (secondary N) is 1. The van der Waals surface area contributed by atoms with Crippen molar-refractivity contribution in [2.45, 2.75) is 11.8 Å². The van der Waals surface area contributed by atoms with Crippen LogP contribution in [0.25, 0.3) is 6.08 Å². The van der Waals surface area contributed by atoms with Crippen LogP contribution in [0.4, 0.5) is 5.69 Å². The largest absolute Gasteiger partial charge is 0.495 e. The maximum absolute atomic E-state index is 11.9. The predicted molar refractivity (Wildman–Crippen MR) is 85.5 cm³/mol. The normalized spacial score (nSPS) is 11.6. The van der Waals surface area contributed by atoms with E-state index in [0.29, 0.717) is 11.5 Å². The molecule has 2 aromatic rings. The van der Waals surface area contributed by atoms with Gasteiger partial charge in [0.25, 0.3) is 0 Å². The van der Waals surface area contributed by atoms with Gasteiger partial charge in [0.1, 0.15) is 17.3 Å². The summed E-state index contributed by atoms with van der Waals surface area (Å²) in [5, 5.41) is 7.62. The average Bonchev–Trinajstić information content (AvgIpc) is 2.90. The zero-order chi connectivity index (χ0) is 17.0. The van der Waals surface area contributed by atoms with E-state index in [1.807, 2.05) is 0 Å². The fourth-order valence-electron chi connectivity index (χ4n) is 1.84. The molecular weight excluding hydrogens is 320 g/mol. The molecule has 0 unspecified atom stereocenters. The molecule has 1 aromatic heterocycles. The molecule has 23 heavy (non-hydrogen) atoms. The smallest absolute Gasteiger partial charge is 0.248 e. The first-order valence-corrected chi connectivity index (χ1v) is 8.10. The van der Waals surface area contributed by atoms with Crippen molar-refractivity contribution in [1.82, 2.24) is 0 Å². The SMILES string of the molecule is COc1ccc(S(N)(=O)=O)cc1NC(=O)/C=C/c1ccc(C)o1. The fourth-order valence-corrected chi connectivity index (χ4v) is 2.38. The monoisotopic (exact) mass is 336 g/mol. The van der Waals surface area contributed by atoms with E-state index >= 15 is 0 Å². The standard InChI is InChI=1S/C15H16N2O5S/c1-10-3-4-11(22-10)5-8-15(18)17-13-9-12(23(16,19)20)6-7-14(13)21-2/h3-9H,1-2H3,(H,17,18)(H2,16,19,20)/b8-5+. The Labute approximate surface area is 133 Å². The number of methoxy groups -OCH3 is 1. The number of furan rings is 1. The first-order valence-electron chi connectivity index (χ1n) is 6.56. The molecule has 1 heterocycles. The third-order valence-corrected chi connectivity index (χ3v) is 3.83. The van der Waals surface area contributed by atoms with Crippen LogP contribution in [0.3, 0.4) is 0 Å². The minimum atomic E-state index is -3.88. The van der Waals surface area contributed by atoms with Crippen molar-refractivity contribution in [1.29, 1.82) is 0 Å². The summed E-state index contributed by atoms with van der Waals surface area (Å²) < 4.78 is 33.2. The van der Waals surface area contributed by atoms with Crippen molar-refractivity contribution in [3.8, 4) is 5.75 Å². The van der Waals surface area contributed by atoms with Crippen molar-refractivity contribution in [3.05, 3.63) is 47.9 Å². The molecule has 8 heteroatoms. The first-order chi connectivity index (χ1) is 10.8. The van der Waals surface area contributed by atoms with Gasteiger partial charge in [0.05, 0.1) is 17.7 Å². The average molecular weight is 336 g/mol. The summed E-state index contributed by atoms with van der Waals surface area (Å²) in [6.07, 6.45) is 2.76. The minimum absolute atomic E-state index is 0.126. The summed E-state index contributed by atoms with van der Waals surface area (Å²) in [5.41, 5.74) is 0.198. The molecule has 2 rings (SSSR count). The van der Waals surface area contributed by atoms with Crippen LogP contribution < -0.4 is 15.2 Å². The van der Waals surface area contributed by atoms with Gasteiger partial charge in [-0.2, -0.15) is 0 Å². The molecule has 0 fully saturated rings. The molecule has 0 saturated carbocycles. The lowest BCUT2D eigenvalue weighted by atomic mass is 10.3. The number of hydrogen-bond acceptors (Lipinski definition) is 5. The van der Waals surface area contributed by atoms with E-state index in [1.54, 1.807) is 19.1 Å². The number of amides is 1. The van der Waals surface area contributed by atoms with E-state index in [2.05, 4.69) is 5.32 Å². The molecular formula is C15H16N2O5S. The highest BCUT2D eigenvalue weighted by atomic mass is 32.2. The van der Waals surface area contributed by atoms with Gasteiger partial charge in [-0.3, -0.25) is 4.79 Å². The third kappa shape index (κ3) is 4.44. The topological polar surface area (TPSA) is 112 Å². The van der Waals surface area contributed by atoms with Gasteiger partial charge in [0, 0.05) is 6.08 Å². The lowest BCUT2D eigenvalue weighted by Crippen LogP contribution is -2.14. The van der Waals surface area contributed by atoms with E-state index in [4.69, 9.17) is 14.3 Å². The Balaban J connectivity index is 2.21. The molecule has 1 amide bonds. The van der Waals surface area contributed by atoms with Crippen molar-refractivity contribution >= 4 is 27.7 Å². The Kier molecular flexibility index (Phi) is 4.87. The zero-order valence-electron chi connectivity index (χ0n) is 12.6. The second kappa shape index (κ2) is 6.67.